The van der Waals surface area contributed by atoms with E-state index in [1.54, 1.807) is 11.9 Å². The summed E-state index contributed by atoms with van der Waals surface area (Å²) in [4.78, 5) is 27.3. The largest absolute Gasteiger partial charge is 0.379 e. The van der Waals surface area contributed by atoms with Crippen LogP contribution in [0.25, 0.3) is 0 Å². The summed E-state index contributed by atoms with van der Waals surface area (Å²) in [6.07, 6.45) is 2.63. The molecule has 1 atom stereocenters. The molecule has 0 aromatic rings. The minimum atomic E-state index is -0.944. The quantitative estimate of drug-likeness (QED) is 0.715. The fourth-order valence-corrected chi connectivity index (χ4v) is 2.47. The van der Waals surface area contributed by atoms with Gasteiger partial charge in [-0.2, -0.15) is 0 Å². The predicted octanol–water partition coefficient (Wildman–Crippen LogP) is -0.815. The van der Waals surface area contributed by atoms with Crippen LogP contribution in [-0.4, -0.2) is 67.0 Å². The van der Waals surface area contributed by atoms with Crippen LogP contribution in [-0.2, 0) is 14.3 Å². The minimum absolute atomic E-state index is 0.00543. The number of amides is 2. The van der Waals surface area contributed by atoms with Crippen LogP contribution >= 0.6 is 0 Å². The molecular weight excluding hydrogens is 234 g/mol. The number of carbonyl (C=O) groups is 2. The highest BCUT2D eigenvalue weighted by Crippen LogP contribution is 2.18. The highest BCUT2D eigenvalue weighted by Gasteiger charge is 2.40. The van der Waals surface area contributed by atoms with E-state index in [4.69, 9.17) is 10.5 Å². The monoisotopic (exact) mass is 255 g/mol. The van der Waals surface area contributed by atoms with Gasteiger partial charge in [-0.15, -0.1) is 0 Å². The molecule has 0 aromatic heterocycles. The minimum Gasteiger partial charge on any atom is -0.379 e. The van der Waals surface area contributed by atoms with Crippen LogP contribution in [0.3, 0.4) is 0 Å². The third-order valence-electron chi connectivity index (χ3n) is 3.66. The first-order chi connectivity index (χ1) is 8.53. The van der Waals surface area contributed by atoms with Gasteiger partial charge in [-0.05, 0) is 19.3 Å². The summed E-state index contributed by atoms with van der Waals surface area (Å²) in [7, 11) is 1.63. The zero-order valence-electron chi connectivity index (χ0n) is 10.9. The molecule has 0 aromatic carbocycles. The summed E-state index contributed by atoms with van der Waals surface area (Å²) in [6.45, 7) is 2.47. The third-order valence-corrected chi connectivity index (χ3v) is 3.66. The molecule has 0 bridgehead atoms. The number of likely N-dealkylation sites (tertiary alicyclic amines) is 1. The van der Waals surface area contributed by atoms with Crippen molar-refractivity contribution in [3.63, 3.8) is 0 Å². The molecule has 0 radical (unpaired) electrons. The Morgan fingerprint density at radius 2 is 2.06 bits per heavy atom. The van der Waals surface area contributed by atoms with E-state index in [1.807, 2.05) is 0 Å². The first-order valence-electron chi connectivity index (χ1n) is 6.43. The number of carbonyl (C=O) groups excluding carboxylic acids is 2. The van der Waals surface area contributed by atoms with Crippen LogP contribution in [0.4, 0.5) is 0 Å². The molecule has 2 rings (SSSR count). The summed E-state index contributed by atoms with van der Waals surface area (Å²) in [5, 5.41) is 0. The Morgan fingerprint density at radius 1 is 1.39 bits per heavy atom. The Labute approximate surface area is 107 Å². The van der Waals surface area contributed by atoms with Crippen molar-refractivity contribution in [2.24, 2.45) is 5.73 Å². The summed E-state index contributed by atoms with van der Waals surface area (Å²) in [5.41, 5.74) is 5.05. The van der Waals surface area contributed by atoms with Crippen LogP contribution in [0.1, 0.15) is 19.3 Å². The van der Waals surface area contributed by atoms with Crippen LogP contribution < -0.4 is 5.73 Å². The van der Waals surface area contributed by atoms with Gasteiger partial charge in [0.05, 0.1) is 13.2 Å². The summed E-state index contributed by atoms with van der Waals surface area (Å²) in [6, 6.07) is 0. The lowest BCUT2D eigenvalue weighted by atomic mass is 9.98. The van der Waals surface area contributed by atoms with E-state index in [2.05, 4.69) is 0 Å². The van der Waals surface area contributed by atoms with Crippen molar-refractivity contribution in [2.45, 2.75) is 24.8 Å². The van der Waals surface area contributed by atoms with E-state index >= 15 is 0 Å². The molecule has 2 heterocycles. The van der Waals surface area contributed by atoms with Crippen LogP contribution in [0.5, 0.6) is 0 Å². The maximum atomic E-state index is 12.2. The van der Waals surface area contributed by atoms with Gasteiger partial charge in [-0.25, -0.2) is 0 Å². The molecule has 2 aliphatic heterocycles. The predicted molar refractivity (Wildman–Crippen MR) is 65.8 cm³/mol. The lowest BCUT2D eigenvalue weighted by Crippen LogP contribution is -2.56. The molecule has 6 heteroatoms. The molecule has 2 aliphatic rings. The second-order valence-electron chi connectivity index (χ2n) is 5.21. The molecule has 2 saturated heterocycles. The smallest absolute Gasteiger partial charge is 0.245 e. The van der Waals surface area contributed by atoms with Crippen molar-refractivity contribution in [1.82, 2.24) is 9.80 Å². The van der Waals surface area contributed by atoms with Gasteiger partial charge < -0.3 is 20.3 Å². The maximum Gasteiger partial charge on any atom is 0.245 e. The molecule has 1 unspecified atom stereocenters. The van der Waals surface area contributed by atoms with Crippen molar-refractivity contribution in [2.75, 3.05) is 39.9 Å². The molecule has 0 spiro atoms. The first kappa shape index (κ1) is 13.3. The van der Waals surface area contributed by atoms with Gasteiger partial charge in [0.15, 0.2) is 0 Å². The second kappa shape index (κ2) is 5.24. The standard InChI is InChI=1S/C12H21N3O3/c1-14(8-10(16)15-5-2-3-6-15)11(17)12(13)4-7-18-9-12/h2-9,13H2,1H3. The lowest BCUT2D eigenvalue weighted by Gasteiger charge is -2.28. The average Bonchev–Trinajstić information content (AvgIpc) is 2.99. The Bertz CT molecular complexity index is 333. The fraction of sp³-hybridized carbons (Fsp3) is 0.833. The SMILES string of the molecule is CN(CC(=O)N1CCCC1)C(=O)C1(N)CCOC1. The van der Waals surface area contributed by atoms with Gasteiger partial charge >= 0.3 is 0 Å². The Kier molecular flexibility index (Phi) is 3.87. The van der Waals surface area contributed by atoms with Gasteiger partial charge in [0.2, 0.25) is 11.8 Å². The van der Waals surface area contributed by atoms with E-state index < -0.39 is 5.54 Å². The normalized spacial score (nSPS) is 27.6. The molecular formula is C12H21N3O3. The van der Waals surface area contributed by atoms with Gasteiger partial charge in [0.25, 0.3) is 0 Å². The average molecular weight is 255 g/mol. The number of nitrogens with zero attached hydrogens (tertiary/aromatic N) is 2. The zero-order valence-corrected chi connectivity index (χ0v) is 10.9. The number of nitrogens with two attached hydrogens (primary N) is 1. The first-order valence-corrected chi connectivity index (χ1v) is 6.43. The molecule has 2 fully saturated rings. The maximum absolute atomic E-state index is 12.2. The van der Waals surface area contributed by atoms with Gasteiger partial charge in [-0.1, -0.05) is 0 Å². The Balaban J connectivity index is 1.88. The van der Waals surface area contributed by atoms with Crippen molar-refractivity contribution < 1.29 is 14.3 Å². The van der Waals surface area contributed by atoms with Gasteiger partial charge in [0, 0.05) is 26.7 Å². The lowest BCUT2D eigenvalue weighted by molar-refractivity contribution is -0.142. The van der Waals surface area contributed by atoms with Crippen LogP contribution in [0.2, 0.25) is 0 Å². The zero-order chi connectivity index (χ0) is 13.2. The number of hydrogen-bond donors (Lipinski definition) is 1. The van der Waals surface area contributed by atoms with E-state index in [-0.39, 0.29) is 25.0 Å². The van der Waals surface area contributed by atoms with Crippen molar-refractivity contribution in [3.05, 3.63) is 0 Å². The van der Waals surface area contributed by atoms with E-state index in [1.165, 1.54) is 4.90 Å². The topological polar surface area (TPSA) is 75.9 Å². The van der Waals surface area contributed by atoms with E-state index in [0.29, 0.717) is 13.0 Å². The fourth-order valence-electron chi connectivity index (χ4n) is 2.47. The molecule has 0 aliphatic carbocycles. The highest BCUT2D eigenvalue weighted by molar-refractivity contribution is 5.90. The summed E-state index contributed by atoms with van der Waals surface area (Å²) in [5.74, 6) is -0.196. The summed E-state index contributed by atoms with van der Waals surface area (Å²) >= 11 is 0. The number of ether oxygens (including phenoxy) is 1. The molecule has 18 heavy (non-hydrogen) atoms. The highest BCUT2D eigenvalue weighted by atomic mass is 16.5. The molecule has 2 N–H and O–H groups in total. The third kappa shape index (κ3) is 2.64. The molecule has 0 saturated carbocycles. The van der Waals surface area contributed by atoms with Gasteiger partial charge in [-0.3, -0.25) is 9.59 Å². The van der Waals surface area contributed by atoms with Crippen molar-refractivity contribution in [1.29, 1.82) is 0 Å². The Hall–Kier alpha value is -1.14. The van der Waals surface area contributed by atoms with Gasteiger partial charge in [0.1, 0.15) is 5.54 Å². The number of hydrogen-bond acceptors (Lipinski definition) is 4. The Morgan fingerprint density at radius 3 is 2.61 bits per heavy atom. The van der Waals surface area contributed by atoms with Crippen LogP contribution in [0, 0.1) is 0 Å². The number of rotatable bonds is 3. The molecule has 2 amide bonds. The van der Waals surface area contributed by atoms with Crippen molar-refractivity contribution >= 4 is 11.8 Å². The molecule has 6 nitrogen and oxygen atoms in total. The van der Waals surface area contributed by atoms with E-state index in [0.717, 1.165) is 25.9 Å². The second-order valence-corrected chi connectivity index (χ2v) is 5.21. The summed E-state index contributed by atoms with van der Waals surface area (Å²) < 4.78 is 5.17. The number of likely N-dealkylation sites (N-methyl/N-ethyl adjacent to an activating group) is 1. The van der Waals surface area contributed by atoms with E-state index in [9.17, 15) is 9.59 Å². The van der Waals surface area contributed by atoms with Crippen molar-refractivity contribution in [3.8, 4) is 0 Å². The molecule has 102 valence electrons. The van der Waals surface area contributed by atoms with Crippen LogP contribution in [0.15, 0.2) is 0 Å².